The van der Waals surface area contributed by atoms with Gasteiger partial charge in [-0.3, -0.25) is 0 Å². The van der Waals surface area contributed by atoms with Gasteiger partial charge in [0, 0.05) is 39.4 Å². The first-order chi connectivity index (χ1) is 7.41. The molecule has 15 heavy (non-hydrogen) atoms. The number of aliphatic hydroxyl groups excluding tert-OH is 2. The highest BCUT2D eigenvalue weighted by Crippen LogP contribution is 1.71. The van der Waals surface area contributed by atoms with Crippen LogP contribution in [0.5, 0.6) is 0 Å². The molecule has 0 atom stereocenters. The fourth-order valence-electron chi connectivity index (χ4n) is 1.14. The average Bonchev–Trinajstić information content (AvgIpc) is 2.26. The van der Waals surface area contributed by atoms with Crippen LogP contribution in [0.4, 0.5) is 0 Å². The van der Waals surface area contributed by atoms with E-state index >= 15 is 0 Å². The predicted molar refractivity (Wildman–Crippen MR) is 62.0 cm³/mol. The highest BCUT2D eigenvalue weighted by Gasteiger charge is 1.89. The van der Waals surface area contributed by atoms with Crippen molar-refractivity contribution >= 4 is 0 Å². The molecule has 0 rings (SSSR count). The van der Waals surface area contributed by atoms with Gasteiger partial charge in [0.2, 0.25) is 0 Å². The van der Waals surface area contributed by atoms with Gasteiger partial charge in [0.15, 0.2) is 0 Å². The Kier molecular flexibility index (Phi) is 13.6. The number of aliphatic hydroxyl groups is 2. The summed E-state index contributed by atoms with van der Waals surface area (Å²) >= 11 is 0. The van der Waals surface area contributed by atoms with Crippen LogP contribution in [0.1, 0.15) is 12.8 Å². The second-order valence-electron chi connectivity index (χ2n) is 3.40. The summed E-state index contributed by atoms with van der Waals surface area (Å²) in [5.74, 6) is 0. The molecule has 0 amide bonds. The zero-order valence-electron chi connectivity index (χ0n) is 9.47. The Bertz CT molecular complexity index is 103. The lowest BCUT2D eigenvalue weighted by Crippen LogP contribution is -2.33. The minimum Gasteiger partial charge on any atom is -0.396 e. The van der Waals surface area contributed by atoms with Crippen LogP contribution in [0.3, 0.4) is 0 Å². The Balaban J connectivity index is 2.81. The summed E-state index contributed by atoms with van der Waals surface area (Å²) < 4.78 is 0. The van der Waals surface area contributed by atoms with Crippen LogP contribution in [0.15, 0.2) is 0 Å². The molecule has 0 aliphatic carbocycles. The summed E-state index contributed by atoms with van der Waals surface area (Å²) in [5.41, 5.74) is 0. The molecule has 5 N–H and O–H groups in total. The molecule has 0 aliphatic heterocycles. The van der Waals surface area contributed by atoms with Crippen molar-refractivity contribution in [3.63, 3.8) is 0 Å². The van der Waals surface area contributed by atoms with E-state index in [4.69, 9.17) is 10.2 Å². The summed E-state index contributed by atoms with van der Waals surface area (Å²) in [6, 6.07) is 0. The second kappa shape index (κ2) is 13.8. The molecule has 5 heteroatoms. The molecule has 0 bridgehead atoms. The van der Waals surface area contributed by atoms with E-state index in [1.54, 1.807) is 0 Å². The molecule has 0 aliphatic rings. The third-order valence-electron chi connectivity index (χ3n) is 1.98. The van der Waals surface area contributed by atoms with Gasteiger partial charge in [0.05, 0.1) is 0 Å². The first kappa shape index (κ1) is 14.8. The van der Waals surface area contributed by atoms with Crippen molar-refractivity contribution in [2.24, 2.45) is 0 Å². The molecular weight excluding hydrogens is 194 g/mol. The van der Waals surface area contributed by atoms with E-state index in [1.165, 1.54) is 0 Å². The monoisotopic (exact) mass is 219 g/mol. The standard InChI is InChI=1S/C10H25N3O2/c14-9-1-3-11-5-7-13-8-6-12-4-2-10-15/h11-15H,1-10H2. The molecule has 5 nitrogen and oxygen atoms in total. The van der Waals surface area contributed by atoms with Crippen LogP contribution in [0.25, 0.3) is 0 Å². The molecule has 0 heterocycles. The maximum absolute atomic E-state index is 8.53. The number of hydrogen-bond donors (Lipinski definition) is 5. The Morgan fingerprint density at radius 3 is 1.20 bits per heavy atom. The normalized spacial score (nSPS) is 10.8. The number of nitrogens with one attached hydrogen (secondary N) is 3. The van der Waals surface area contributed by atoms with E-state index in [1.807, 2.05) is 0 Å². The summed E-state index contributed by atoms with van der Waals surface area (Å²) in [6.07, 6.45) is 1.64. The van der Waals surface area contributed by atoms with E-state index in [0.29, 0.717) is 0 Å². The Morgan fingerprint density at radius 1 is 0.533 bits per heavy atom. The molecule has 0 saturated heterocycles. The highest BCUT2D eigenvalue weighted by molar-refractivity contribution is 4.54. The van der Waals surface area contributed by atoms with Gasteiger partial charge in [0.1, 0.15) is 0 Å². The number of hydrogen-bond acceptors (Lipinski definition) is 5. The van der Waals surface area contributed by atoms with Gasteiger partial charge >= 0.3 is 0 Å². The SMILES string of the molecule is OCCCNCCNCCNCCCO. The zero-order valence-corrected chi connectivity index (χ0v) is 9.47. The average molecular weight is 219 g/mol. The maximum Gasteiger partial charge on any atom is 0.0443 e. The van der Waals surface area contributed by atoms with Crippen molar-refractivity contribution in [1.29, 1.82) is 0 Å². The lowest BCUT2D eigenvalue weighted by molar-refractivity contribution is 0.286. The maximum atomic E-state index is 8.53. The third-order valence-corrected chi connectivity index (χ3v) is 1.98. The largest absolute Gasteiger partial charge is 0.396 e. The summed E-state index contributed by atoms with van der Waals surface area (Å²) in [4.78, 5) is 0. The second-order valence-corrected chi connectivity index (χ2v) is 3.40. The predicted octanol–water partition coefficient (Wildman–Crippen LogP) is -1.48. The van der Waals surface area contributed by atoms with Crippen molar-refractivity contribution in [3.05, 3.63) is 0 Å². The highest BCUT2D eigenvalue weighted by atomic mass is 16.3. The van der Waals surface area contributed by atoms with Gasteiger partial charge in [-0.15, -0.1) is 0 Å². The lowest BCUT2D eigenvalue weighted by Gasteiger charge is -2.06. The smallest absolute Gasteiger partial charge is 0.0443 e. The minimum atomic E-state index is 0.259. The van der Waals surface area contributed by atoms with Gasteiger partial charge in [-0.25, -0.2) is 0 Å². The molecule has 0 unspecified atom stereocenters. The number of rotatable bonds is 12. The minimum absolute atomic E-state index is 0.259. The zero-order chi connectivity index (χ0) is 11.2. The fraction of sp³-hybridized carbons (Fsp3) is 1.00. The van der Waals surface area contributed by atoms with Gasteiger partial charge in [-0.1, -0.05) is 0 Å². The molecule has 0 aromatic rings. The molecule has 0 radical (unpaired) electrons. The molecule has 0 aromatic heterocycles. The van der Waals surface area contributed by atoms with Crippen LogP contribution in [0, 0.1) is 0 Å². The van der Waals surface area contributed by atoms with Crippen molar-refractivity contribution in [2.75, 3.05) is 52.5 Å². The van der Waals surface area contributed by atoms with E-state index < -0.39 is 0 Å². The van der Waals surface area contributed by atoms with Gasteiger partial charge in [-0.2, -0.15) is 0 Å². The van der Waals surface area contributed by atoms with Crippen LogP contribution >= 0.6 is 0 Å². The first-order valence-corrected chi connectivity index (χ1v) is 5.75. The molecule has 0 spiro atoms. The fourth-order valence-corrected chi connectivity index (χ4v) is 1.14. The quantitative estimate of drug-likeness (QED) is 0.259. The van der Waals surface area contributed by atoms with Crippen LogP contribution in [-0.2, 0) is 0 Å². The Labute approximate surface area is 92.3 Å². The van der Waals surface area contributed by atoms with E-state index in [0.717, 1.165) is 52.1 Å². The summed E-state index contributed by atoms with van der Waals surface area (Å²) in [7, 11) is 0. The molecular formula is C10H25N3O2. The Hall–Kier alpha value is -0.200. The molecule has 0 saturated carbocycles. The molecule has 0 aromatic carbocycles. The Morgan fingerprint density at radius 2 is 0.867 bits per heavy atom. The van der Waals surface area contributed by atoms with E-state index in [2.05, 4.69) is 16.0 Å². The van der Waals surface area contributed by atoms with Crippen molar-refractivity contribution in [1.82, 2.24) is 16.0 Å². The van der Waals surface area contributed by atoms with Crippen molar-refractivity contribution < 1.29 is 10.2 Å². The first-order valence-electron chi connectivity index (χ1n) is 5.75. The topological polar surface area (TPSA) is 76.5 Å². The van der Waals surface area contributed by atoms with E-state index in [-0.39, 0.29) is 13.2 Å². The van der Waals surface area contributed by atoms with E-state index in [9.17, 15) is 0 Å². The van der Waals surface area contributed by atoms with Gasteiger partial charge in [-0.05, 0) is 25.9 Å². The molecule has 0 fully saturated rings. The van der Waals surface area contributed by atoms with Crippen molar-refractivity contribution in [2.45, 2.75) is 12.8 Å². The van der Waals surface area contributed by atoms with Crippen LogP contribution in [0.2, 0.25) is 0 Å². The van der Waals surface area contributed by atoms with Crippen LogP contribution in [-0.4, -0.2) is 62.7 Å². The summed E-state index contributed by atoms with van der Waals surface area (Å²) in [5, 5.41) is 26.8. The summed E-state index contributed by atoms with van der Waals surface area (Å²) in [6.45, 7) is 6.07. The lowest BCUT2D eigenvalue weighted by atomic mass is 10.4. The van der Waals surface area contributed by atoms with Crippen LogP contribution < -0.4 is 16.0 Å². The molecule has 92 valence electrons. The van der Waals surface area contributed by atoms with Crippen molar-refractivity contribution in [3.8, 4) is 0 Å². The third kappa shape index (κ3) is 13.8. The van der Waals surface area contributed by atoms with Gasteiger partial charge in [0.25, 0.3) is 0 Å². The van der Waals surface area contributed by atoms with Gasteiger partial charge < -0.3 is 26.2 Å².